The highest BCUT2D eigenvalue weighted by molar-refractivity contribution is 7.92. The van der Waals surface area contributed by atoms with Gasteiger partial charge in [-0.2, -0.15) is 0 Å². The molecule has 0 radical (unpaired) electrons. The molecule has 0 saturated carbocycles. The van der Waals surface area contributed by atoms with Gasteiger partial charge in [-0.05, 0) is 43.7 Å². The predicted molar refractivity (Wildman–Crippen MR) is 97.9 cm³/mol. The number of carbonyl (C=O) groups excluding carboxylic acids is 1. The smallest absolute Gasteiger partial charge is 0.261 e. The second-order valence-electron chi connectivity index (χ2n) is 6.00. The normalized spacial score (nSPS) is 17.7. The van der Waals surface area contributed by atoms with Crippen LogP contribution >= 0.6 is 0 Å². The first kappa shape index (κ1) is 17.4. The maximum atomic E-state index is 12.5. The lowest BCUT2D eigenvalue weighted by Crippen LogP contribution is -2.37. The van der Waals surface area contributed by atoms with Gasteiger partial charge in [-0.1, -0.05) is 30.3 Å². The minimum atomic E-state index is -3.71. The van der Waals surface area contributed by atoms with E-state index in [4.69, 9.17) is 0 Å². The fourth-order valence-corrected chi connectivity index (χ4v) is 3.90. The number of rotatable bonds is 5. The first-order chi connectivity index (χ1) is 12.1. The first-order valence-electron chi connectivity index (χ1n) is 8.25. The molecule has 0 aliphatic carbocycles. The quantitative estimate of drug-likeness (QED) is 0.765. The van der Waals surface area contributed by atoms with Gasteiger partial charge in [-0.25, -0.2) is 8.42 Å². The van der Waals surface area contributed by atoms with Crippen LogP contribution in [0, 0.1) is 5.92 Å². The maximum Gasteiger partial charge on any atom is 0.261 e. The molecule has 132 valence electrons. The fraction of sp³-hybridized carbons (Fsp3) is 0.278. The highest BCUT2D eigenvalue weighted by Crippen LogP contribution is 2.25. The number of nitrogens with one attached hydrogen (secondary N) is 3. The van der Waals surface area contributed by atoms with E-state index in [2.05, 4.69) is 15.4 Å². The minimum Gasteiger partial charge on any atom is -0.324 e. The van der Waals surface area contributed by atoms with Gasteiger partial charge in [-0.15, -0.1) is 0 Å². The summed E-state index contributed by atoms with van der Waals surface area (Å²) in [7, 11) is -3.71. The summed E-state index contributed by atoms with van der Waals surface area (Å²) >= 11 is 0. The van der Waals surface area contributed by atoms with Crippen LogP contribution in [0.2, 0.25) is 0 Å². The molecule has 0 aromatic heterocycles. The summed E-state index contributed by atoms with van der Waals surface area (Å²) in [6, 6.07) is 14.9. The van der Waals surface area contributed by atoms with Crippen LogP contribution in [0.5, 0.6) is 0 Å². The molecule has 0 spiro atoms. The molecule has 1 heterocycles. The summed E-state index contributed by atoms with van der Waals surface area (Å²) in [5, 5.41) is 6.05. The van der Waals surface area contributed by atoms with Gasteiger partial charge in [0.25, 0.3) is 10.0 Å². The number of hydrogen-bond acceptors (Lipinski definition) is 4. The molecule has 2 aromatic carbocycles. The average Bonchev–Trinajstić information content (AvgIpc) is 2.64. The van der Waals surface area contributed by atoms with Gasteiger partial charge < -0.3 is 10.6 Å². The van der Waals surface area contributed by atoms with Crippen LogP contribution in [0.3, 0.4) is 0 Å². The minimum absolute atomic E-state index is 0.0986. The van der Waals surface area contributed by atoms with E-state index in [0.29, 0.717) is 17.9 Å². The molecular formula is C18H21N3O3S. The summed E-state index contributed by atoms with van der Waals surface area (Å²) in [5.41, 5.74) is 0.807. The van der Waals surface area contributed by atoms with Crippen LogP contribution in [-0.2, 0) is 14.8 Å². The Morgan fingerprint density at radius 1 is 1.00 bits per heavy atom. The molecule has 1 aliphatic rings. The van der Waals surface area contributed by atoms with Gasteiger partial charge in [-0.3, -0.25) is 9.52 Å². The summed E-state index contributed by atoms with van der Waals surface area (Å²) in [6.45, 7) is 1.57. The third kappa shape index (κ3) is 4.37. The molecule has 1 amide bonds. The Bertz CT molecular complexity index is 832. The Balaban J connectivity index is 1.78. The van der Waals surface area contributed by atoms with E-state index >= 15 is 0 Å². The molecule has 6 nitrogen and oxygen atoms in total. The molecular weight excluding hydrogens is 338 g/mol. The summed E-state index contributed by atoms with van der Waals surface area (Å²) in [4.78, 5) is 12.6. The fourth-order valence-electron chi connectivity index (χ4n) is 2.79. The van der Waals surface area contributed by atoms with Crippen molar-refractivity contribution in [2.45, 2.75) is 17.7 Å². The van der Waals surface area contributed by atoms with Crippen molar-refractivity contribution in [3.63, 3.8) is 0 Å². The van der Waals surface area contributed by atoms with Crippen LogP contribution in [0.25, 0.3) is 0 Å². The molecule has 3 N–H and O–H groups in total. The number of amides is 1. The number of para-hydroxylation sites is 2. The summed E-state index contributed by atoms with van der Waals surface area (Å²) in [6.07, 6.45) is 1.79. The van der Waals surface area contributed by atoms with E-state index in [1.807, 2.05) is 0 Å². The van der Waals surface area contributed by atoms with E-state index in [-0.39, 0.29) is 16.7 Å². The van der Waals surface area contributed by atoms with Gasteiger partial charge in [0, 0.05) is 6.54 Å². The molecule has 1 aliphatic heterocycles. The lowest BCUT2D eigenvalue weighted by atomic mass is 9.99. The number of benzene rings is 2. The Kier molecular flexibility index (Phi) is 5.35. The van der Waals surface area contributed by atoms with Crippen molar-refractivity contribution in [3.8, 4) is 0 Å². The molecule has 7 heteroatoms. The SMILES string of the molecule is O=C(Nc1ccccc1NS(=O)(=O)c1ccccc1)C1CCCNC1. The topological polar surface area (TPSA) is 87.3 Å². The lowest BCUT2D eigenvalue weighted by Gasteiger charge is -2.22. The van der Waals surface area contributed by atoms with Crippen molar-refractivity contribution < 1.29 is 13.2 Å². The Morgan fingerprint density at radius 2 is 1.68 bits per heavy atom. The molecule has 2 aromatic rings. The van der Waals surface area contributed by atoms with Crippen molar-refractivity contribution in [2.75, 3.05) is 23.1 Å². The zero-order valence-electron chi connectivity index (χ0n) is 13.7. The summed E-state index contributed by atoms with van der Waals surface area (Å²) < 4.78 is 27.6. The van der Waals surface area contributed by atoms with Crippen molar-refractivity contribution in [3.05, 3.63) is 54.6 Å². The molecule has 3 rings (SSSR count). The average molecular weight is 359 g/mol. The standard InChI is InChI=1S/C18H21N3O3S/c22-18(14-7-6-12-19-13-14)20-16-10-4-5-11-17(16)21-25(23,24)15-8-2-1-3-9-15/h1-5,8-11,14,19,21H,6-7,12-13H2,(H,20,22). The Hall–Kier alpha value is -2.38. The summed E-state index contributed by atoms with van der Waals surface area (Å²) in [5.74, 6) is -0.203. The van der Waals surface area contributed by atoms with Crippen molar-refractivity contribution >= 4 is 27.3 Å². The van der Waals surface area contributed by atoms with E-state index < -0.39 is 10.0 Å². The van der Waals surface area contributed by atoms with Gasteiger partial charge in [0.1, 0.15) is 0 Å². The van der Waals surface area contributed by atoms with Crippen molar-refractivity contribution in [1.82, 2.24) is 5.32 Å². The van der Waals surface area contributed by atoms with Crippen LogP contribution in [0.4, 0.5) is 11.4 Å². The molecule has 1 fully saturated rings. The molecule has 0 bridgehead atoms. The third-order valence-electron chi connectivity index (χ3n) is 4.15. The van der Waals surface area contributed by atoms with Crippen LogP contribution in [-0.4, -0.2) is 27.4 Å². The second-order valence-corrected chi connectivity index (χ2v) is 7.68. The highest BCUT2D eigenvalue weighted by Gasteiger charge is 2.22. The van der Waals surface area contributed by atoms with Gasteiger partial charge in [0.15, 0.2) is 0 Å². The van der Waals surface area contributed by atoms with Gasteiger partial charge in [0.2, 0.25) is 5.91 Å². The van der Waals surface area contributed by atoms with Crippen LogP contribution < -0.4 is 15.4 Å². The predicted octanol–water partition coefficient (Wildman–Crippen LogP) is 2.43. The molecule has 1 unspecified atom stereocenters. The number of carbonyl (C=O) groups is 1. The second kappa shape index (κ2) is 7.67. The van der Waals surface area contributed by atoms with E-state index in [1.54, 1.807) is 42.5 Å². The number of sulfonamides is 1. The Labute approximate surface area is 147 Å². The van der Waals surface area contributed by atoms with Crippen molar-refractivity contribution in [1.29, 1.82) is 0 Å². The van der Waals surface area contributed by atoms with E-state index in [9.17, 15) is 13.2 Å². The number of anilines is 2. The zero-order chi connectivity index (χ0) is 17.7. The van der Waals surface area contributed by atoms with Gasteiger partial charge in [0.05, 0.1) is 22.2 Å². The Morgan fingerprint density at radius 3 is 2.36 bits per heavy atom. The van der Waals surface area contributed by atoms with Crippen LogP contribution in [0.15, 0.2) is 59.5 Å². The molecule has 1 atom stereocenters. The molecule has 1 saturated heterocycles. The lowest BCUT2D eigenvalue weighted by molar-refractivity contribution is -0.120. The van der Waals surface area contributed by atoms with E-state index in [1.165, 1.54) is 12.1 Å². The van der Waals surface area contributed by atoms with Crippen LogP contribution in [0.1, 0.15) is 12.8 Å². The highest BCUT2D eigenvalue weighted by atomic mass is 32.2. The first-order valence-corrected chi connectivity index (χ1v) is 9.73. The third-order valence-corrected chi connectivity index (χ3v) is 5.53. The van der Waals surface area contributed by atoms with Crippen molar-refractivity contribution in [2.24, 2.45) is 5.92 Å². The van der Waals surface area contributed by atoms with Gasteiger partial charge >= 0.3 is 0 Å². The van der Waals surface area contributed by atoms with E-state index in [0.717, 1.165) is 19.4 Å². The maximum absolute atomic E-state index is 12.5. The largest absolute Gasteiger partial charge is 0.324 e. The molecule has 25 heavy (non-hydrogen) atoms. The monoisotopic (exact) mass is 359 g/mol. The number of piperidine rings is 1. The number of hydrogen-bond donors (Lipinski definition) is 3. The zero-order valence-corrected chi connectivity index (χ0v) is 14.6.